The van der Waals surface area contributed by atoms with Crippen molar-refractivity contribution in [2.24, 2.45) is 0 Å². The van der Waals surface area contributed by atoms with Crippen molar-refractivity contribution >= 4 is 0 Å². The van der Waals surface area contributed by atoms with Crippen LogP contribution >= 0.6 is 0 Å². The minimum Gasteiger partial charge on any atom is -0.311 e. The van der Waals surface area contributed by atoms with Gasteiger partial charge in [-0.15, -0.1) is 0 Å². The average molecular weight is 227 g/mol. The highest BCUT2D eigenvalue weighted by Gasteiger charge is 2.03. The average Bonchev–Trinajstić information content (AvgIpc) is 2.37. The van der Waals surface area contributed by atoms with Gasteiger partial charge >= 0.3 is 0 Å². The summed E-state index contributed by atoms with van der Waals surface area (Å²) in [5, 5.41) is 3.28. The molecule has 0 aliphatic carbocycles. The smallest absolute Gasteiger partial charge is 0.159 e. The van der Waals surface area contributed by atoms with E-state index in [9.17, 15) is 0 Å². The van der Waals surface area contributed by atoms with Gasteiger partial charge in [-0.1, -0.05) is 37.3 Å². The molecule has 1 aromatic heterocycles. The first-order chi connectivity index (χ1) is 8.29. The molecule has 1 heterocycles. The van der Waals surface area contributed by atoms with Gasteiger partial charge in [0.15, 0.2) is 5.82 Å². The van der Waals surface area contributed by atoms with E-state index >= 15 is 0 Å². The molecule has 0 radical (unpaired) electrons. The maximum absolute atomic E-state index is 4.57. The molecule has 0 saturated carbocycles. The summed E-state index contributed by atoms with van der Waals surface area (Å²) >= 11 is 0. The van der Waals surface area contributed by atoms with E-state index in [4.69, 9.17) is 0 Å². The molecule has 17 heavy (non-hydrogen) atoms. The number of benzene rings is 1. The fourth-order valence-corrected chi connectivity index (χ4v) is 1.69. The van der Waals surface area contributed by atoms with Crippen molar-refractivity contribution in [3.05, 3.63) is 47.8 Å². The van der Waals surface area contributed by atoms with Crippen LogP contribution in [0.25, 0.3) is 11.4 Å². The molecule has 0 aliphatic heterocycles. The van der Waals surface area contributed by atoms with Gasteiger partial charge in [-0.05, 0) is 19.5 Å². The number of hydrogen-bond acceptors (Lipinski definition) is 3. The zero-order chi connectivity index (χ0) is 12.1. The topological polar surface area (TPSA) is 37.8 Å². The Balaban J connectivity index is 2.32. The Labute approximate surface area is 102 Å². The van der Waals surface area contributed by atoms with Gasteiger partial charge in [0.1, 0.15) is 0 Å². The SMILES string of the molecule is CCNCc1cc(C)nc(-c2ccccc2)n1. The highest BCUT2D eigenvalue weighted by atomic mass is 14.9. The summed E-state index contributed by atoms with van der Waals surface area (Å²) in [6.45, 7) is 5.83. The minimum absolute atomic E-state index is 0.791. The third kappa shape index (κ3) is 3.11. The van der Waals surface area contributed by atoms with E-state index in [1.807, 2.05) is 43.3 Å². The van der Waals surface area contributed by atoms with Crippen molar-refractivity contribution < 1.29 is 0 Å². The van der Waals surface area contributed by atoms with Crippen molar-refractivity contribution in [1.82, 2.24) is 15.3 Å². The second kappa shape index (κ2) is 5.55. The number of nitrogens with zero attached hydrogens (tertiary/aromatic N) is 2. The van der Waals surface area contributed by atoms with Crippen LogP contribution in [0.2, 0.25) is 0 Å². The lowest BCUT2D eigenvalue weighted by molar-refractivity contribution is 0.708. The Morgan fingerprint density at radius 2 is 1.88 bits per heavy atom. The summed E-state index contributed by atoms with van der Waals surface area (Å²) < 4.78 is 0. The number of hydrogen-bond donors (Lipinski definition) is 1. The molecule has 0 aliphatic rings. The Morgan fingerprint density at radius 1 is 1.12 bits per heavy atom. The van der Waals surface area contributed by atoms with Gasteiger partial charge in [0, 0.05) is 17.8 Å². The maximum Gasteiger partial charge on any atom is 0.159 e. The first-order valence-electron chi connectivity index (χ1n) is 5.90. The lowest BCUT2D eigenvalue weighted by Gasteiger charge is -2.06. The molecule has 0 spiro atoms. The molecule has 1 N–H and O–H groups in total. The highest BCUT2D eigenvalue weighted by molar-refractivity contribution is 5.54. The molecule has 0 unspecified atom stereocenters. The van der Waals surface area contributed by atoms with E-state index in [0.717, 1.165) is 35.9 Å². The van der Waals surface area contributed by atoms with E-state index in [-0.39, 0.29) is 0 Å². The summed E-state index contributed by atoms with van der Waals surface area (Å²) in [4.78, 5) is 9.04. The Hall–Kier alpha value is -1.74. The monoisotopic (exact) mass is 227 g/mol. The van der Waals surface area contributed by atoms with Gasteiger partial charge < -0.3 is 5.32 Å². The summed E-state index contributed by atoms with van der Waals surface area (Å²) in [6, 6.07) is 12.1. The van der Waals surface area contributed by atoms with Crippen LogP contribution in [0.4, 0.5) is 0 Å². The first-order valence-corrected chi connectivity index (χ1v) is 5.90. The largest absolute Gasteiger partial charge is 0.311 e. The molecule has 0 amide bonds. The predicted octanol–water partition coefficient (Wildman–Crippen LogP) is 2.56. The zero-order valence-electron chi connectivity index (χ0n) is 10.3. The normalized spacial score (nSPS) is 10.5. The van der Waals surface area contributed by atoms with Gasteiger partial charge in [-0.2, -0.15) is 0 Å². The summed E-state index contributed by atoms with van der Waals surface area (Å²) in [5.41, 5.74) is 3.11. The summed E-state index contributed by atoms with van der Waals surface area (Å²) in [7, 11) is 0. The molecule has 0 saturated heterocycles. The molecular formula is C14H17N3. The van der Waals surface area contributed by atoms with E-state index in [1.165, 1.54) is 0 Å². The first kappa shape index (κ1) is 11.7. The fourth-order valence-electron chi connectivity index (χ4n) is 1.69. The second-order valence-electron chi connectivity index (χ2n) is 3.97. The molecule has 3 nitrogen and oxygen atoms in total. The molecule has 2 rings (SSSR count). The quantitative estimate of drug-likeness (QED) is 0.872. The Bertz CT molecular complexity index is 480. The van der Waals surface area contributed by atoms with Crippen LogP contribution in [0.3, 0.4) is 0 Å². The Kier molecular flexibility index (Phi) is 3.83. The van der Waals surface area contributed by atoms with E-state index < -0.39 is 0 Å². The second-order valence-corrected chi connectivity index (χ2v) is 3.97. The number of aromatic nitrogens is 2. The lowest BCUT2D eigenvalue weighted by Crippen LogP contribution is -2.13. The van der Waals surface area contributed by atoms with Crippen LogP contribution in [0.1, 0.15) is 18.3 Å². The van der Waals surface area contributed by atoms with Crippen LogP contribution in [-0.4, -0.2) is 16.5 Å². The maximum atomic E-state index is 4.57. The van der Waals surface area contributed by atoms with Gasteiger partial charge in [0.05, 0.1) is 5.69 Å². The Morgan fingerprint density at radius 3 is 2.59 bits per heavy atom. The van der Waals surface area contributed by atoms with Gasteiger partial charge in [-0.3, -0.25) is 0 Å². The predicted molar refractivity (Wildman–Crippen MR) is 69.6 cm³/mol. The van der Waals surface area contributed by atoms with Gasteiger partial charge in [-0.25, -0.2) is 9.97 Å². The minimum atomic E-state index is 0.791. The van der Waals surface area contributed by atoms with Crippen molar-refractivity contribution in [3.63, 3.8) is 0 Å². The van der Waals surface area contributed by atoms with Crippen LogP contribution in [0, 0.1) is 6.92 Å². The summed E-state index contributed by atoms with van der Waals surface area (Å²) in [6.07, 6.45) is 0. The lowest BCUT2D eigenvalue weighted by atomic mass is 10.2. The van der Waals surface area contributed by atoms with Gasteiger partial charge in [0.2, 0.25) is 0 Å². The number of rotatable bonds is 4. The van der Waals surface area contributed by atoms with Crippen molar-refractivity contribution in [2.75, 3.05) is 6.54 Å². The van der Waals surface area contributed by atoms with Crippen molar-refractivity contribution in [3.8, 4) is 11.4 Å². The molecule has 1 aromatic carbocycles. The standard InChI is InChI=1S/C14H17N3/c1-3-15-10-13-9-11(2)16-14(17-13)12-7-5-4-6-8-12/h4-9,15H,3,10H2,1-2H3. The van der Waals surface area contributed by atoms with E-state index in [2.05, 4.69) is 22.2 Å². The zero-order valence-corrected chi connectivity index (χ0v) is 10.3. The number of nitrogens with one attached hydrogen (secondary N) is 1. The van der Waals surface area contributed by atoms with Crippen LogP contribution in [0.5, 0.6) is 0 Å². The van der Waals surface area contributed by atoms with Crippen LogP contribution in [-0.2, 0) is 6.54 Å². The van der Waals surface area contributed by atoms with Crippen LogP contribution in [0.15, 0.2) is 36.4 Å². The molecule has 2 aromatic rings. The molecular weight excluding hydrogens is 210 g/mol. The van der Waals surface area contributed by atoms with E-state index in [1.54, 1.807) is 0 Å². The van der Waals surface area contributed by atoms with E-state index in [0.29, 0.717) is 0 Å². The number of aryl methyl sites for hydroxylation is 1. The third-order valence-corrected chi connectivity index (χ3v) is 2.50. The third-order valence-electron chi connectivity index (χ3n) is 2.50. The van der Waals surface area contributed by atoms with Crippen molar-refractivity contribution in [2.45, 2.75) is 20.4 Å². The summed E-state index contributed by atoms with van der Waals surface area (Å²) in [5.74, 6) is 0.804. The molecule has 0 bridgehead atoms. The van der Waals surface area contributed by atoms with Crippen molar-refractivity contribution in [1.29, 1.82) is 0 Å². The fraction of sp³-hybridized carbons (Fsp3) is 0.286. The van der Waals surface area contributed by atoms with Crippen LogP contribution < -0.4 is 5.32 Å². The molecule has 88 valence electrons. The molecule has 3 heteroatoms. The van der Waals surface area contributed by atoms with Gasteiger partial charge in [0.25, 0.3) is 0 Å². The molecule has 0 fully saturated rings. The highest BCUT2D eigenvalue weighted by Crippen LogP contribution is 2.15. The molecule has 0 atom stereocenters.